The van der Waals surface area contributed by atoms with Crippen LogP contribution in [0.25, 0.3) is 0 Å². The normalized spacial score (nSPS) is 16.6. The van der Waals surface area contributed by atoms with Gasteiger partial charge in [-0.1, -0.05) is 48.2 Å². The second kappa shape index (κ2) is 7.67. The van der Waals surface area contributed by atoms with Crippen molar-refractivity contribution in [1.82, 2.24) is 5.32 Å². The Morgan fingerprint density at radius 1 is 1.20 bits per heavy atom. The summed E-state index contributed by atoms with van der Waals surface area (Å²) >= 11 is 6.41. The van der Waals surface area contributed by atoms with E-state index in [-0.39, 0.29) is 16.7 Å². The first kappa shape index (κ1) is 17.4. The van der Waals surface area contributed by atoms with Gasteiger partial charge in [-0.25, -0.2) is 4.79 Å². The van der Waals surface area contributed by atoms with Crippen molar-refractivity contribution in [2.75, 3.05) is 5.32 Å². The number of anilines is 1. The van der Waals surface area contributed by atoms with E-state index >= 15 is 0 Å². The van der Waals surface area contributed by atoms with Gasteiger partial charge in [0.25, 0.3) is 0 Å². The number of thiocarbonyl (C=S) groups is 1. The van der Waals surface area contributed by atoms with Gasteiger partial charge in [-0.2, -0.15) is 0 Å². The van der Waals surface area contributed by atoms with Gasteiger partial charge in [-0.05, 0) is 41.8 Å². The van der Waals surface area contributed by atoms with Crippen LogP contribution in [0.5, 0.6) is 0 Å². The summed E-state index contributed by atoms with van der Waals surface area (Å²) in [6.07, 6.45) is 0.624. The van der Waals surface area contributed by atoms with Crippen LogP contribution in [-0.4, -0.2) is 26.6 Å². The molecule has 0 radical (unpaired) electrons. The van der Waals surface area contributed by atoms with Gasteiger partial charge in [0.05, 0.1) is 10.8 Å². The number of hydrogen-bond donors (Lipinski definition) is 3. The van der Waals surface area contributed by atoms with E-state index in [1.54, 1.807) is 24.3 Å². The summed E-state index contributed by atoms with van der Waals surface area (Å²) < 4.78 is 0.536. The summed E-state index contributed by atoms with van der Waals surface area (Å²) in [5.74, 6) is -0.965. The Labute approximate surface area is 154 Å². The van der Waals surface area contributed by atoms with Gasteiger partial charge in [0.1, 0.15) is 4.32 Å². The van der Waals surface area contributed by atoms with Crippen molar-refractivity contribution in [3.05, 3.63) is 65.2 Å². The average Bonchev–Trinajstić information content (AvgIpc) is 2.91. The van der Waals surface area contributed by atoms with Crippen molar-refractivity contribution in [3.8, 4) is 0 Å². The Balaban J connectivity index is 1.60. The second-order valence-electron chi connectivity index (χ2n) is 5.64. The molecule has 1 aliphatic rings. The standard InChI is InChI=1S/C18H16N2O3S2/c21-16-15(25-18(24)20-16)9-12-2-1-3-14(8-12)19-10-11-4-6-13(7-5-11)17(22)23/h1-8,15,19H,9-10H2,(H,22,23)(H,20,21,24). The molecular formula is C18H16N2O3S2. The van der Waals surface area contributed by atoms with Gasteiger partial charge >= 0.3 is 5.97 Å². The van der Waals surface area contributed by atoms with Crippen molar-refractivity contribution in [2.24, 2.45) is 0 Å². The van der Waals surface area contributed by atoms with E-state index < -0.39 is 5.97 Å². The van der Waals surface area contributed by atoms with Gasteiger partial charge in [0.15, 0.2) is 0 Å². The average molecular weight is 372 g/mol. The minimum absolute atomic E-state index is 0.0353. The summed E-state index contributed by atoms with van der Waals surface area (Å²) in [6.45, 7) is 0.589. The van der Waals surface area contributed by atoms with Crippen LogP contribution in [0.3, 0.4) is 0 Å². The van der Waals surface area contributed by atoms with Crippen molar-refractivity contribution in [3.63, 3.8) is 0 Å². The summed E-state index contributed by atoms with van der Waals surface area (Å²) in [7, 11) is 0. The third kappa shape index (κ3) is 4.58. The summed E-state index contributed by atoms with van der Waals surface area (Å²) in [5, 5.41) is 14.7. The van der Waals surface area contributed by atoms with Crippen LogP contribution < -0.4 is 10.6 Å². The van der Waals surface area contributed by atoms with Gasteiger partial charge in [0, 0.05) is 12.2 Å². The number of rotatable bonds is 6. The lowest BCUT2D eigenvalue weighted by atomic mass is 10.1. The minimum atomic E-state index is -0.930. The molecule has 1 heterocycles. The summed E-state index contributed by atoms with van der Waals surface area (Å²) in [4.78, 5) is 22.6. The molecule has 2 aromatic carbocycles. The number of aromatic carboxylic acids is 1. The molecule has 2 aromatic rings. The summed E-state index contributed by atoms with van der Waals surface area (Å²) in [6, 6.07) is 14.7. The Bertz CT molecular complexity index is 821. The molecule has 7 heteroatoms. The number of carboxylic acid groups (broad SMARTS) is 1. The minimum Gasteiger partial charge on any atom is -0.478 e. The SMILES string of the molecule is O=C(O)c1ccc(CNc2cccc(CC3SC(=S)NC3=O)c2)cc1. The molecule has 1 atom stereocenters. The van der Waals surface area contributed by atoms with Crippen molar-refractivity contribution in [1.29, 1.82) is 0 Å². The number of amides is 1. The van der Waals surface area contributed by atoms with Crippen LogP contribution in [-0.2, 0) is 17.8 Å². The Kier molecular flexibility index (Phi) is 5.35. The maximum Gasteiger partial charge on any atom is 0.335 e. The topological polar surface area (TPSA) is 78.4 Å². The zero-order chi connectivity index (χ0) is 17.8. The fraction of sp³-hybridized carbons (Fsp3) is 0.167. The summed E-state index contributed by atoms with van der Waals surface area (Å²) in [5.41, 5.74) is 3.27. The van der Waals surface area contributed by atoms with E-state index in [2.05, 4.69) is 10.6 Å². The highest BCUT2D eigenvalue weighted by molar-refractivity contribution is 8.24. The first-order valence-corrected chi connectivity index (χ1v) is 8.96. The molecule has 1 fully saturated rings. The predicted octanol–water partition coefficient (Wildman–Crippen LogP) is 3.06. The fourth-order valence-corrected chi connectivity index (χ4v) is 3.83. The first-order chi connectivity index (χ1) is 12.0. The number of carbonyl (C=O) groups excluding carboxylic acids is 1. The molecule has 1 amide bonds. The molecule has 0 aliphatic carbocycles. The number of carbonyl (C=O) groups is 2. The van der Waals surface area contributed by atoms with Crippen LogP contribution in [0.4, 0.5) is 5.69 Å². The van der Waals surface area contributed by atoms with Gasteiger partial charge < -0.3 is 15.7 Å². The maximum atomic E-state index is 11.8. The molecule has 1 unspecified atom stereocenters. The van der Waals surface area contributed by atoms with Gasteiger partial charge in [-0.3, -0.25) is 4.79 Å². The molecule has 1 saturated heterocycles. The fourth-order valence-electron chi connectivity index (χ4n) is 2.52. The van der Waals surface area contributed by atoms with Crippen LogP contribution >= 0.6 is 24.0 Å². The molecule has 5 nitrogen and oxygen atoms in total. The third-order valence-electron chi connectivity index (χ3n) is 3.81. The van der Waals surface area contributed by atoms with Gasteiger partial charge in [0.2, 0.25) is 5.91 Å². The first-order valence-electron chi connectivity index (χ1n) is 7.68. The Hall–Kier alpha value is -2.38. The molecule has 128 valence electrons. The second-order valence-corrected chi connectivity index (χ2v) is 7.52. The molecule has 0 spiro atoms. The van der Waals surface area contributed by atoms with E-state index in [1.165, 1.54) is 11.8 Å². The van der Waals surface area contributed by atoms with Crippen molar-refractivity contribution < 1.29 is 14.7 Å². The van der Waals surface area contributed by atoms with E-state index in [0.717, 1.165) is 16.8 Å². The number of benzene rings is 2. The number of thioether (sulfide) groups is 1. The number of nitrogens with one attached hydrogen (secondary N) is 2. The molecule has 3 rings (SSSR count). The van der Waals surface area contributed by atoms with E-state index in [9.17, 15) is 9.59 Å². The van der Waals surface area contributed by atoms with E-state index in [1.807, 2.05) is 24.3 Å². The Morgan fingerprint density at radius 2 is 1.96 bits per heavy atom. The predicted molar refractivity (Wildman–Crippen MR) is 103 cm³/mol. The smallest absolute Gasteiger partial charge is 0.335 e. The largest absolute Gasteiger partial charge is 0.478 e. The van der Waals surface area contributed by atoms with Crippen LogP contribution in [0, 0.1) is 0 Å². The number of carboxylic acids is 1. The third-order valence-corrected chi connectivity index (χ3v) is 5.18. The highest BCUT2D eigenvalue weighted by atomic mass is 32.2. The maximum absolute atomic E-state index is 11.8. The van der Waals surface area contributed by atoms with Crippen LogP contribution in [0.1, 0.15) is 21.5 Å². The van der Waals surface area contributed by atoms with E-state index in [4.69, 9.17) is 17.3 Å². The molecular weight excluding hydrogens is 356 g/mol. The molecule has 3 N–H and O–H groups in total. The molecule has 1 aliphatic heterocycles. The lowest BCUT2D eigenvalue weighted by Crippen LogP contribution is -2.25. The Morgan fingerprint density at radius 3 is 2.60 bits per heavy atom. The van der Waals surface area contributed by atoms with Crippen molar-refractivity contribution >= 4 is 45.9 Å². The highest BCUT2D eigenvalue weighted by Gasteiger charge is 2.28. The molecule has 25 heavy (non-hydrogen) atoms. The monoisotopic (exact) mass is 372 g/mol. The van der Waals surface area contributed by atoms with Crippen LogP contribution in [0.2, 0.25) is 0 Å². The lowest BCUT2D eigenvalue weighted by Gasteiger charge is -2.10. The zero-order valence-corrected chi connectivity index (χ0v) is 14.8. The molecule has 0 saturated carbocycles. The number of hydrogen-bond acceptors (Lipinski definition) is 5. The highest BCUT2D eigenvalue weighted by Crippen LogP contribution is 2.24. The quantitative estimate of drug-likeness (QED) is 0.677. The van der Waals surface area contributed by atoms with E-state index in [0.29, 0.717) is 17.3 Å². The molecule has 0 bridgehead atoms. The van der Waals surface area contributed by atoms with Crippen LogP contribution in [0.15, 0.2) is 48.5 Å². The molecule has 0 aromatic heterocycles. The van der Waals surface area contributed by atoms with Crippen molar-refractivity contribution in [2.45, 2.75) is 18.2 Å². The lowest BCUT2D eigenvalue weighted by molar-refractivity contribution is -0.118. The van der Waals surface area contributed by atoms with Gasteiger partial charge in [-0.15, -0.1) is 0 Å². The zero-order valence-electron chi connectivity index (χ0n) is 13.2.